The van der Waals surface area contributed by atoms with Crippen LogP contribution in [-0.2, 0) is 16.1 Å². The number of nitrogens with zero attached hydrogens (tertiary/aromatic N) is 3. The summed E-state index contributed by atoms with van der Waals surface area (Å²) in [6.45, 7) is 3.66. The summed E-state index contributed by atoms with van der Waals surface area (Å²) in [4.78, 5) is 15.6. The van der Waals surface area contributed by atoms with Crippen molar-refractivity contribution in [3.63, 3.8) is 0 Å². The molecular weight excluding hydrogens is 232 g/mol. The summed E-state index contributed by atoms with van der Waals surface area (Å²) in [5.41, 5.74) is 0.954. The second-order valence-corrected chi connectivity index (χ2v) is 5.26. The SMILES string of the molecule is CN1C[C@@]2(CCN(Cc3ccn[nH]3)C2)OCC1=O. The highest BCUT2D eigenvalue weighted by Crippen LogP contribution is 2.29. The smallest absolute Gasteiger partial charge is 0.248 e. The minimum absolute atomic E-state index is 0.0765. The molecule has 6 nitrogen and oxygen atoms in total. The number of amides is 1. The number of H-pyrrole nitrogens is 1. The summed E-state index contributed by atoms with van der Waals surface area (Å²) < 4.78 is 5.80. The lowest BCUT2D eigenvalue weighted by Crippen LogP contribution is -2.54. The van der Waals surface area contributed by atoms with E-state index in [1.807, 2.05) is 13.1 Å². The molecule has 0 bridgehead atoms. The fourth-order valence-corrected chi connectivity index (χ4v) is 2.81. The van der Waals surface area contributed by atoms with Crippen LogP contribution in [0.4, 0.5) is 0 Å². The standard InChI is InChI=1S/C12H18N4O2/c1-15-8-12(18-7-11(15)17)3-5-16(9-12)6-10-2-4-13-14-10/h2,4H,3,5-9H2,1H3,(H,13,14)/t12-/m1/s1. The third kappa shape index (κ3) is 2.13. The molecule has 0 aliphatic carbocycles. The molecule has 18 heavy (non-hydrogen) atoms. The molecule has 0 radical (unpaired) electrons. The van der Waals surface area contributed by atoms with Gasteiger partial charge in [0.25, 0.3) is 0 Å². The first kappa shape index (κ1) is 11.7. The van der Waals surface area contributed by atoms with E-state index in [-0.39, 0.29) is 18.1 Å². The van der Waals surface area contributed by atoms with Gasteiger partial charge in [-0.05, 0) is 12.5 Å². The number of hydrogen-bond donors (Lipinski definition) is 1. The van der Waals surface area contributed by atoms with Crippen molar-refractivity contribution in [2.45, 2.75) is 18.6 Å². The molecule has 1 aromatic heterocycles. The number of carbonyl (C=O) groups excluding carboxylic acids is 1. The van der Waals surface area contributed by atoms with E-state index in [0.717, 1.165) is 31.7 Å². The summed E-state index contributed by atoms with van der Waals surface area (Å²) in [6.07, 6.45) is 2.75. The lowest BCUT2D eigenvalue weighted by atomic mass is 10.0. The number of rotatable bonds is 2. The van der Waals surface area contributed by atoms with Crippen molar-refractivity contribution < 1.29 is 9.53 Å². The molecule has 1 N–H and O–H groups in total. The van der Waals surface area contributed by atoms with Crippen LogP contribution in [0, 0.1) is 0 Å². The van der Waals surface area contributed by atoms with Gasteiger partial charge in [-0.25, -0.2) is 0 Å². The number of nitrogens with one attached hydrogen (secondary N) is 1. The summed E-state index contributed by atoms with van der Waals surface area (Å²) in [5.74, 6) is 0.0765. The van der Waals surface area contributed by atoms with E-state index < -0.39 is 0 Å². The Balaban J connectivity index is 1.62. The van der Waals surface area contributed by atoms with Crippen LogP contribution in [0.2, 0.25) is 0 Å². The van der Waals surface area contributed by atoms with E-state index >= 15 is 0 Å². The Kier molecular flexibility index (Phi) is 2.83. The average Bonchev–Trinajstić information content (AvgIpc) is 2.96. The zero-order chi connectivity index (χ0) is 12.6. The topological polar surface area (TPSA) is 61.5 Å². The second kappa shape index (κ2) is 4.37. The zero-order valence-electron chi connectivity index (χ0n) is 10.6. The van der Waals surface area contributed by atoms with Crippen molar-refractivity contribution in [3.05, 3.63) is 18.0 Å². The molecule has 1 atom stereocenters. The molecule has 3 heterocycles. The van der Waals surface area contributed by atoms with E-state index in [1.54, 1.807) is 11.1 Å². The van der Waals surface area contributed by atoms with E-state index in [2.05, 4.69) is 15.1 Å². The van der Waals surface area contributed by atoms with Gasteiger partial charge in [0.05, 0.1) is 6.54 Å². The molecule has 0 aromatic carbocycles. The molecule has 1 spiro atoms. The molecule has 2 fully saturated rings. The zero-order valence-corrected chi connectivity index (χ0v) is 10.6. The van der Waals surface area contributed by atoms with Crippen molar-refractivity contribution in [1.82, 2.24) is 20.0 Å². The molecule has 2 aliphatic heterocycles. The Morgan fingerprint density at radius 1 is 1.56 bits per heavy atom. The van der Waals surface area contributed by atoms with Gasteiger partial charge in [-0.3, -0.25) is 14.8 Å². The van der Waals surface area contributed by atoms with Crippen molar-refractivity contribution in [3.8, 4) is 0 Å². The number of hydrogen-bond acceptors (Lipinski definition) is 4. The number of ether oxygens (including phenoxy) is 1. The Morgan fingerprint density at radius 3 is 3.17 bits per heavy atom. The molecule has 6 heteroatoms. The first-order valence-electron chi connectivity index (χ1n) is 6.25. The Morgan fingerprint density at radius 2 is 2.44 bits per heavy atom. The number of aromatic amines is 1. The quantitative estimate of drug-likeness (QED) is 0.792. The van der Waals surface area contributed by atoms with Crippen LogP contribution in [0.3, 0.4) is 0 Å². The lowest BCUT2D eigenvalue weighted by Gasteiger charge is -2.38. The van der Waals surface area contributed by atoms with Crippen LogP contribution in [0.25, 0.3) is 0 Å². The number of morpholine rings is 1. The third-order valence-electron chi connectivity index (χ3n) is 3.80. The fraction of sp³-hybridized carbons (Fsp3) is 0.667. The van der Waals surface area contributed by atoms with E-state index in [9.17, 15) is 4.79 Å². The van der Waals surface area contributed by atoms with Crippen LogP contribution in [0.5, 0.6) is 0 Å². The summed E-state index contributed by atoms with van der Waals surface area (Å²) in [7, 11) is 1.85. The normalized spacial score (nSPS) is 29.4. The van der Waals surface area contributed by atoms with Crippen LogP contribution in [0.1, 0.15) is 12.1 Å². The second-order valence-electron chi connectivity index (χ2n) is 5.26. The van der Waals surface area contributed by atoms with Crippen molar-refractivity contribution in [2.24, 2.45) is 0 Å². The highest BCUT2D eigenvalue weighted by Gasteiger charge is 2.43. The minimum Gasteiger partial charge on any atom is -0.362 e. The van der Waals surface area contributed by atoms with Gasteiger partial charge in [-0.2, -0.15) is 5.10 Å². The van der Waals surface area contributed by atoms with Gasteiger partial charge in [-0.15, -0.1) is 0 Å². The number of likely N-dealkylation sites (tertiary alicyclic amines) is 1. The molecule has 98 valence electrons. The van der Waals surface area contributed by atoms with Crippen LogP contribution >= 0.6 is 0 Å². The molecule has 0 unspecified atom stereocenters. The van der Waals surface area contributed by atoms with Gasteiger partial charge >= 0.3 is 0 Å². The maximum Gasteiger partial charge on any atom is 0.248 e. The lowest BCUT2D eigenvalue weighted by molar-refractivity contribution is -0.159. The van der Waals surface area contributed by atoms with Gasteiger partial charge in [0, 0.05) is 38.6 Å². The first-order valence-corrected chi connectivity index (χ1v) is 6.25. The number of carbonyl (C=O) groups is 1. The van der Waals surface area contributed by atoms with Crippen LogP contribution in [0.15, 0.2) is 12.3 Å². The van der Waals surface area contributed by atoms with Gasteiger partial charge in [-0.1, -0.05) is 0 Å². The van der Waals surface area contributed by atoms with Crippen molar-refractivity contribution >= 4 is 5.91 Å². The van der Waals surface area contributed by atoms with Crippen LogP contribution in [-0.4, -0.2) is 64.8 Å². The Labute approximate surface area is 106 Å². The van der Waals surface area contributed by atoms with E-state index in [1.165, 1.54) is 0 Å². The summed E-state index contributed by atoms with van der Waals surface area (Å²) in [5, 5.41) is 6.93. The monoisotopic (exact) mass is 250 g/mol. The fourth-order valence-electron chi connectivity index (χ4n) is 2.81. The maximum absolute atomic E-state index is 11.4. The Hall–Kier alpha value is -1.40. The van der Waals surface area contributed by atoms with Gasteiger partial charge in [0.1, 0.15) is 12.2 Å². The highest BCUT2D eigenvalue weighted by molar-refractivity contribution is 5.78. The molecule has 2 saturated heterocycles. The van der Waals surface area contributed by atoms with Crippen molar-refractivity contribution in [1.29, 1.82) is 0 Å². The predicted octanol–water partition coefficient (Wildman–Crippen LogP) is -0.157. The minimum atomic E-state index is -0.164. The van der Waals surface area contributed by atoms with Crippen molar-refractivity contribution in [2.75, 3.05) is 33.3 Å². The van der Waals surface area contributed by atoms with E-state index in [0.29, 0.717) is 6.54 Å². The largest absolute Gasteiger partial charge is 0.362 e. The molecule has 0 saturated carbocycles. The number of likely N-dealkylation sites (N-methyl/N-ethyl adjacent to an activating group) is 1. The third-order valence-corrected chi connectivity index (χ3v) is 3.80. The number of aromatic nitrogens is 2. The average molecular weight is 250 g/mol. The van der Waals surface area contributed by atoms with Gasteiger partial charge in [0.2, 0.25) is 5.91 Å². The first-order chi connectivity index (χ1) is 8.67. The van der Waals surface area contributed by atoms with Crippen LogP contribution < -0.4 is 0 Å². The molecular formula is C12H18N4O2. The highest BCUT2D eigenvalue weighted by atomic mass is 16.5. The predicted molar refractivity (Wildman–Crippen MR) is 64.8 cm³/mol. The Bertz CT molecular complexity index is 433. The van der Waals surface area contributed by atoms with Gasteiger partial charge in [0.15, 0.2) is 0 Å². The molecule has 1 amide bonds. The summed E-state index contributed by atoms with van der Waals surface area (Å²) in [6, 6.07) is 1.99. The van der Waals surface area contributed by atoms with E-state index in [4.69, 9.17) is 4.74 Å². The maximum atomic E-state index is 11.4. The molecule has 1 aromatic rings. The molecule has 3 rings (SSSR count). The van der Waals surface area contributed by atoms with Gasteiger partial charge < -0.3 is 9.64 Å². The molecule has 2 aliphatic rings. The summed E-state index contributed by atoms with van der Waals surface area (Å²) >= 11 is 0.